The number of hydrogen-bond acceptors (Lipinski definition) is 3. The zero-order valence-electron chi connectivity index (χ0n) is 9.59. The van der Waals surface area contributed by atoms with Crippen molar-refractivity contribution < 1.29 is 9.53 Å². The predicted octanol–water partition coefficient (Wildman–Crippen LogP) is 0.919. The first-order valence-corrected chi connectivity index (χ1v) is 5.52. The normalized spacial score (nSPS) is 14.9. The largest absolute Gasteiger partial charge is 0.484 e. The summed E-state index contributed by atoms with van der Waals surface area (Å²) in [4.78, 5) is 13.6. The van der Waals surface area contributed by atoms with Crippen LogP contribution in [0.2, 0.25) is 0 Å². The molecule has 1 N–H and O–H groups in total. The van der Waals surface area contributed by atoms with Gasteiger partial charge in [0.25, 0.3) is 5.91 Å². The molecule has 0 unspecified atom stereocenters. The Morgan fingerprint density at radius 3 is 2.53 bits per heavy atom. The van der Waals surface area contributed by atoms with Crippen LogP contribution in [0.4, 0.5) is 0 Å². The van der Waals surface area contributed by atoms with E-state index in [4.69, 9.17) is 4.74 Å². The lowest BCUT2D eigenvalue weighted by atomic mass is 10.3. The molecule has 1 saturated heterocycles. The Hall–Kier alpha value is -1.26. The van der Waals surface area contributed by atoms with Crippen molar-refractivity contribution in [3.05, 3.63) is 30.3 Å². The van der Waals surface area contributed by atoms with E-state index in [-0.39, 0.29) is 24.9 Å². The molecule has 1 aliphatic rings. The summed E-state index contributed by atoms with van der Waals surface area (Å²) in [5.74, 6) is 0.802. The van der Waals surface area contributed by atoms with E-state index in [0.29, 0.717) is 0 Å². The van der Waals surface area contributed by atoms with E-state index in [9.17, 15) is 4.79 Å². The van der Waals surface area contributed by atoms with E-state index < -0.39 is 0 Å². The number of carbonyl (C=O) groups is 1. The fourth-order valence-electron chi connectivity index (χ4n) is 1.67. The van der Waals surface area contributed by atoms with Gasteiger partial charge in [0.2, 0.25) is 0 Å². The third kappa shape index (κ3) is 4.24. The van der Waals surface area contributed by atoms with Gasteiger partial charge in [-0.1, -0.05) is 18.2 Å². The van der Waals surface area contributed by atoms with Gasteiger partial charge in [-0.2, -0.15) is 0 Å². The number of para-hydroxylation sites is 1. The molecule has 0 aliphatic carbocycles. The predicted molar refractivity (Wildman–Crippen MR) is 68.6 cm³/mol. The molecule has 1 amide bonds. The van der Waals surface area contributed by atoms with Crippen molar-refractivity contribution in [2.24, 2.45) is 0 Å². The van der Waals surface area contributed by atoms with Gasteiger partial charge in [-0.25, -0.2) is 0 Å². The number of nitrogens with one attached hydrogen (secondary N) is 1. The molecule has 0 aromatic heterocycles. The first kappa shape index (κ1) is 13.8. The molecule has 0 atom stereocenters. The monoisotopic (exact) mass is 256 g/mol. The molecule has 2 rings (SSSR count). The van der Waals surface area contributed by atoms with Gasteiger partial charge in [0.1, 0.15) is 5.75 Å². The number of rotatable bonds is 3. The molecule has 4 nitrogen and oxygen atoms in total. The van der Waals surface area contributed by atoms with E-state index >= 15 is 0 Å². The Balaban J connectivity index is 0.00000144. The maximum Gasteiger partial charge on any atom is 0.260 e. The fourth-order valence-corrected chi connectivity index (χ4v) is 1.67. The van der Waals surface area contributed by atoms with Crippen LogP contribution in [0.1, 0.15) is 0 Å². The average molecular weight is 257 g/mol. The van der Waals surface area contributed by atoms with Crippen molar-refractivity contribution >= 4 is 18.3 Å². The molecule has 1 fully saturated rings. The molecule has 1 aromatic carbocycles. The lowest BCUT2D eigenvalue weighted by Gasteiger charge is -2.27. The Morgan fingerprint density at radius 2 is 1.88 bits per heavy atom. The lowest BCUT2D eigenvalue weighted by molar-refractivity contribution is -0.133. The smallest absolute Gasteiger partial charge is 0.260 e. The summed E-state index contributed by atoms with van der Waals surface area (Å²) < 4.78 is 5.41. The fraction of sp³-hybridized carbons (Fsp3) is 0.417. The summed E-state index contributed by atoms with van der Waals surface area (Å²) in [5, 5.41) is 3.21. The van der Waals surface area contributed by atoms with Gasteiger partial charge in [0.15, 0.2) is 6.61 Å². The minimum Gasteiger partial charge on any atom is -0.484 e. The first-order chi connectivity index (χ1) is 7.86. The van der Waals surface area contributed by atoms with Gasteiger partial charge in [0, 0.05) is 26.2 Å². The molecular formula is C12H17ClN2O2. The first-order valence-electron chi connectivity index (χ1n) is 5.52. The molecule has 17 heavy (non-hydrogen) atoms. The number of amides is 1. The van der Waals surface area contributed by atoms with Gasteiger partial charge in [-0.15, -0.1) is 12.4 Å². The molecule has 1 aromatic rings. The number of hydrogen-bond donors (Lipinski definition) is 1. The molecule has 0 spiro atoms. The summed E-state index contributed by atoms with van der Waals surface area (Å²) in [7, 11) is 0. The summed E-state index contributed by atoms with van der Waals surface area (Å²) in [6.45, 7) is 3.42. The standard InChI is InChI=1S/C12H16N2O2.ClH/c15-12(14-8-6-13-7-9-14)10-16-11-4-2-1-3-5-11;/h1-5,13H,6-10H2;1H. The van der Waals surface area contributed by atoms with Crippen LogP contribution in [0.5, 0.6) is 5.75 Å². The van der Waals surface area contributed by atoms with Gasteiger partial charge in [-0.3, -0.25) is 4.79 Å². The zero-order chi connectivity index (χ0) is 11.2. The van der Waals surface area contributed by atoms with Crippen molar-refractivity contribution in [3.63, 3.8) is 0 Å². The van der Waals surface area contributed by atoms with E-state index in [0.717, 1.165) is 31.9 Å². The maximum absolute atomic E-state index is 11.7. The summed E-state index contributed by atoms with van der Waals surface area (Å²) in [5.41, 5.74) is 0. The number of ether oxygens (including phenoxy) is 1. The number of halogens is 1. The summed E-state index contributed by atoms with van der Waals surface area (Å²) >= 11 is 0. The quantitative estimate of drug-likeness (QED) is 0.875. The highest BCUT2D eigenvalue weighted by molar-refractivity contribution is 5.85. The lowest BCUT2D eigenvalue weighted by Crippen LogP contribution is -2.47. The van der Waals surface area contributed by atoms with E-state index in [2.05, 4.69) is 5.32 Å². The zero-order valence-corrected chi connectivity index (χ0v) is 10.4. The molecule has 1 aliphatic heterocycles. The highest BCUT2D eigenvalue weighted by atomic mass is 35.5. The second-order valence-corrected chi connectivity index (χ2v) is 3.73. The Labute approximate surface area is 107 Å². The maximum atomic E-state index is 11.7. The van der Waals surface area contributed by atoms with Gasteiger partial charge >= 0.3 is 0 Å². The van der Waals surface area contributed by atoms with Crippen LogP contribution in [-0.2, 0) is 4.79 Å². The van der Waals surface area contributed by atoms with Crippen LogP contribution < -0.4 is 10.1 Å². The topological polar surface area (TPSA) is 41.6 Å². The van der Waals surface area contributed by atoms with E-state index in [1.165, 1.54) is 0 Å². The number of nitrogens with zero attached hydrogens (tertiary/aromatic N) is 1. The van der Waals surface area contributed by atoms with Crippen molar-refractivity contribution in [2.75, 3.05) is 32.8 Å². The average Bonchev–Trinajstić information content (AvgIpc) is 2.38. The van der Waals surface area contributed by atoms with Crippen LogP contribution in [0.3, 0.4) is 0 Å². The van der Waals surface area contributed by atoms with Crippen LogP contribution in [-0.4, -0.2) is 43.6 Å². The summed E-state index contributed by atoms with van der Waals surface area (Å²) in [6, 6.07) is 9.41. The van der Waals surface area contributed by atoms with Gasteiger partial charge in [0.05, 0.1) is 0 Å². The molecule has 0 saturated carbocycles. The number of benzene rings is 1. The molecule has 0 bridgehead atoms. The number of piperazine rings is 1. The van der Waals surface area contributed by atoms with Crippen LogP contribution >= 0.6 is 12.4 Å². The van der Waals surface area contributed by atoms with Crippen molar-refractivity contribution in [3.8, 4) is 5.75 Å². The minimum absolute atomic E-state index is 0. The van der Waals surface area contributed by atoms with Crippen molar-refractivity contribution in [1.82, 2.24) is 10.2 Å². The molecule has 0 radical (unpaired) electrons. The van der Waals surface area contributed by atoms with Gasteiger partial charge < -0.3 is 15.0 Å². The number of carbonyl (C=O) groups excluding carboxylic acids is 1. The van der Waals surface area contributed by atoms with Crippen molar-refractivity contribution in [2.45, 2.75) is 0 Å². The molecule has 1 heterocycles. The van der Waals surface area contributed by atoms with Crippen LogP contribution in [0.15, 0.2) is 30.3 Å². The molecular weight excluding hydrogens is 240 g/mol. The van der Waals surface area contributed by atoms with E-state index in [1.54, 1.807) is 0 Å². The summed E-state index contributed by atoms with van der Waals surface area (Å²) in [6.07, 6.45) is 0. The Morgan fingerprint density at radius 1 is 1.24 bits per heavy atom. The second-order valence-electron chi connectivity index (χ2n) is 3.73. The van der Waals surface area contributed by atoms with Crippen LogP contribution in [0.25, 0.3) is 0 Å². The minimum atomic E-state index is 0. The molecule has 94 valence electrons. The van der Waals surface area contributed by atoms with Crippen molar-refractivity contribution in [1.29, 1.82) is 0 Å². The van der Waals surface area contributed by atoms with E-state index in [1.807, 2.05) is 35.2 Å². The third-order valence-corrected chi connectivity index (χ3v) is 2.58. The van der Waals surface area contributed by atoms with Gasteiger partial charge in [-0.05, 0) is 12.1 Å². The SMILES string of the molecule is Cl.O=C(COc1ccccc1)N1CCNCC1. The van der Waals surface area contributed by atoms with Crippen LogP contribution in [0, 0.1) is 0 Å². The highest BCUT2D eigenvalue weighted by Gasteiger charge is 2.16. The Kier molecular flexibility index (Phi) is 5.80. The third-order valence-electron chi connectivity index (χ3n) is 2.58. The Bertz CT molecular complexity index is 340. The second kappa shape index (κ2) is 7.14. The molecule has 5 heteroatoms. The highest BCUT2D eigenvalue weighted by Crippen LogP contribution is 2.08.